The fourth-order valence-corrected chi connectivity index (χ4v) is 2.61. The maximum atomic E-state index is 5.91. The first-order valence-electron chi connectivity index (χ1n) is 7.65. The summed E-state index contributed by atoms with van der Waals surface area (Å²) in [6.07, 6.45) is 3.99. The van der Waals surface area contributed by atoms with Crippen LogP contribution in [0, 0.1) is 0 Å². The smallest absolute Gasteiger partial charge is 0.165 e. The van der Waals surface area contributed by atoms with Gasteiger partial charge in [-0.15, -0.1) is 0 Å². The molecule has 0 radical (unpaired) electrons. The molecule has 1 heterocycles. The van der Waals surface area contributed by atoms with Crippen LogP contribution >= 0.6 is 0 Å². The lowest BCUT2D eigenvalue weighted by Crippen LogP contribution is -2.33. The molecule has 4 nitrogen and oxygen atoms in total. The van der Waals surface area contributed by atoms with E-state index in [0.717, 1.165) is 23.6 Å². The van der Waals surface area contributed by atoms with E-state index in [4.69, 9.17) is 15.2 Å². The van der Waals surface area contributed by atoms with Crippen molar-refractivity contribution in [3.05, 3.63) is 23.8 Å². The molecule has 0 atom stereocenters. The molecule has 0 spiro atoms. The van der Waals surface area contributed by atoms with Gasteiger partial charge in [0.15, 0.2) is 11.5 Å². The number of nitrogens with two attached hydrogens (primary N) is 1. The molecule has 0 aliphatic carbocycles. The number of hydrogen-bond acceptors (Lipinski definition) is 4. The second-order valence-corrected chi connectivity index (χ2v) is 5.13. The summed E-state index contributed by atoms with van der Waals surface area (Å²) in [5.74, 6) is 1.61. The van der Waals surface area contributed by atoms with Gasteiger partial charge in [0.1, 0.15) is 6.61 Å². The average molecular weight is 278 g/mol. The zero-order valence-corrected chi connectivity index (χ0v) is 12.4. The van der Waals surface area contributed by atoms with Gasteiger partial charge >= 0.3 is 0 Å². The molecule has 0 saturated carbocycles. The molecule has 0 unspecified atom stereocenters. The summed E-state index contributed by atoms with van der Waals surface area (Å²) in [7, 11) is 0. The van der Waals surface area contributed by atoms with Crippen LogP contribution < -0.4 is 15.2 Å². The standard InChI is InChI=1S/C16H26N2O2/c1-2-19-16-14(13-17)7-6-8-15(16)20-12-11-18-9-4-3-5-10-18/h6-8H,2-5,9-13,17H2,1H3. The molecule has 1 fully saturated rings. The number of benzene rings is 1. The SMILES string of the molecule is CCOc1c(CN)cccc1OCCN1CCCCC1. The van der Waals surface area contributed by atoms with Crippen LogP contribution in [0.4, 0.5) is 0 Å². The Balaban J connectivity index is 1.90. The van der Waals surface area contributed by atoms with Gasteiger partial charge in [-0.25, -0.2) is 0 Å². The molecule has 1 aromatic carbocycles. The highest BCUT2D eigenvalue weighted by molar-refractivity contribution is 5.46. The molecule has 1 aromatic rings. The minimum Gasteiger partial charge on any atom is -0.490 e. The lowest BCUT2D eigenvalue weighted by atomic mass is 10.1. The van der Waals surface area contributed by atoms with Crippen molar-refractivity contribution in [2.24, 2.45) is 5.73 Å². The summed E-state index contributed by atoms with van der Waals surface area (Å²) in [6, 6.07) is 5.92. The van der Waals surface area contributed by atoms with E-state index in [-0.39, 0.29) is 0 Å². The van der Waals surface area contributed by atoms with Gasteiger partial charge in [0.05, 0.1) is 6.61 Å². The fourth-order valence-electron chi connectivity index (χ4n) is 2.61. The monoisotopic (exact) mass is 278 g/mol. The van der Waals surface area contributed by atoms with Gasteiger partial charge in [-0.3, -0.25) is 4.90 Å². The van der Waals surface area contributed by atoms with Gasteiger partial charge in [-0.05, 0) is 38.9 Å². The van der Waals surface area contributed by atoms with Gasteiger partial charge < -0.3 is 15.2 Å². The Morgan fingerprint density at radius 1 is 1.15 bits per heavy atom. The molecule has 2 rings (SSSR count). The quantitative estimate of drug-likeness (QED) is 0.832. The Hall–Kier alpha value is -1.26. The molecule has 1 aliphatic rings. The topological polar surface area (TPSA) is 47.7 Å². The second-order valence-electron chi connectivity index (χ2n) is 5.13. The molecule has 2 N–H and O–H groups in total. The first-order valence-corrected chi connectivity index (χ1v) is 7.65. The molecule has 4 heteroatoms. The Morgan fingerprint density at radius 2 is 1.95 bits per heavy atom. The average Bonchev–Trinajstić information content (AvgIpc) is 2.50. The number of hydrogen-bond donors (Lipinski definition) is 1. The van der Waals surface area contributed by atoms with Crippen LogP contribution in [-0.2, 0) is 6.54 Å². The number of para-hydroxylation sites is 1. The van der Waals surface area contributed by atoms with Gasteiger partial charge in [0.25, 0.3) is 0 Å². The lowest BCUT2D eigenvalue weighted by molar-refractivity contribution is 0.179. The summed E-state index contributed by atoms with van der Waals surface area (Å²) < 4.78 is 11.6. The molecular weight excluding hydrogens is 252 g/mol. The maximum Gasteiger partial charge on any atom is 0.165 e. The van der Waals surface area contributed by atoms with Crippen molar-refractivity contribution in [1.29, 1.82) is 0 Å². The van der Waals surface area contributed by atoms with Crippen molar-refractivity contribution in [3.8, 4) is 11.5 Å². The predicted molar refractivity (Wildman–Crippen MR) is 81.3 cm³/mol. The zero-order valence-electron chi connectivity index (χ0n) is 12.4. The van der Waals surface area contributed by atoms with E-state index in [1.54, 1.807) is 0 Å². The molecule has 20 heavy (non-hydrogen) atoms. The summed E-state index contributed by atoms with van der Waals surface area (Å²) >= 11 is 0. The third-order valence-electron chi connectivity index (χ3n) is 3.68. The molecule has 0 amide bonds. The van der Waals surface area contributed by atoms with E-state index in [1.165, 1.54) is 32.4 Å². The third kappa shape index (κ3) is 4.12. The predicted octanol–water partition coefficient (Wildman–Crippen LogP) is 2.41. The summed E-state index contributed by atoms with van der Waals surface area (Å²) in [5.41, 5.74) is 6.75. The third-order valence-corrected chi connectivity index (χ3v) is 3.68. The van der Waals surface area contributed by atoms with Crippen LogP contribution in [0.5, 0.6) is 11.5 Å². The van der Waals surface area contributed by atoms with Crippen LogP contribution in [0.15, 0.2) is 18.2 Å². The van der Waals surface area contributed by atoms with Gasteiger partial charge in [0, 0.05) is 18.7 Å². The van der Waals surface area contributed by atoms with E-state index in [9.17, 15) is 0 Å². The highest BCUT2D eigenvalue weighted by atomic mass is 16.5. The normalized spacial score (nSPS) is 16.1. The van der Waals surface area contributed by atoms with Crippen LogP contribution in [0.2, 0.25) is 0 Å². The molecule has 1 saturated heterocycles. The Kier molecular flexibility index (Phi) is 6.15. The Morgan fingerprint density at radius 3 is 2.65 bits per heavy atom. The van der Waals surface area contributed by atoms with Crippen LogP contribution in [-0.4, -0.2) is 37.7 Å². The summed E-state index contributed by atoms with van der Waals surface area (Å²) in [5, 5.41) is 0. The maximum absolute atomic E-state index is 5.91. The summed E-state index contributed by atoms with van der Waals surface area (Å²) in [6.45, 7) is 7.16. The van der Waals surface area contributed by atoms with Gasteiger partial charge in [-0.2, -0.15) is 0 Å². The van der Waals surface area contributed by atoms with E-state index >= 15 is 0 Å². The number of piperidine rings is 1. The molecule has 0 aromatic heterocycles. The van der Waals surface area contributed by atoms with Crippen LogP contribution in [0.3, 0.4) is 0 Å². The molecular formula is C16H26N2O2. The zero-order chi connectivity index (χ0) is 14.2. The van der Waals surface area contributed by atoms with Crippen LogP contribution in [0.25, 0.3) is 0 Å². The molecule has 112 valence electrons. The lowest BCUT2D eigenvalue weighted by Gasteiger charge is -2.26. The summed E-state index contributed by atoms with van der Waals surface area (Å²) in [4.78, 5) is 2.47. The van der Waals surface area contributed by atoms with Crippen molar-refractivity contribution in [1.82, 2.24) is 4.90 Å². The van der Waals surface area contributed by atoms with Crippen molar-refractivity contribution in [3.63, 3.8) is 0 Å². The van der Waals surface area contributed by atoms with E-state index in [1.807, 2.05) is 25.1 Å². The Bertz CT molecular complexity index is 403. The second kappa shape index (κ2) is 8.12. The number of ether oxygens (including phenoxy) is 2. The number of nitrogens with zero attached hydrogens (tertiary/aromatic N) is 1. The first kappa shape index (κ1) is 15.1. The highest BCUT2D eigenvalue weighted by Crippen LogP contribution is 2.31. The Labute approximate surface area is 121 Å². The first-order chi connectivity index (χ1) is 9.85. The fraction of sp³-hybridized carbons (Fsp3) is 0.625. The minimum absolute atomic E-state index is 0.471. The van der Waals surface area contributed by atoms with Crippen molar-refractivity contribution < 1.29 is 9.47 Å². The van der Waals surface area contributed by atoms with E-state index in [0.29, 0.717) is 19.8 Å². The van der Waals surface area contributed by atoms with Gasteiger partial charge in [0.2, 0.25) is 0 Å². The molecule has 1 aliphatic heterocycles. The number of likely N-dealkylation sites (tertiary alicyclic amines) is 1. The van der Waals surface area contributed by atoms with Crippen molar-refractivity contribution >= 4 is 0 Å². The van der Waals surface area contributed by atoms with Crippen molar-refractivity contribution in [2.45, 2.75) is 32.7 Å². The minimum atomic E-state index is 0.471. The van der Waals surface area contributed by atoms with E-state index < -0.39 is 0 Å². The number of rotatable bonds is 7. The van der Waals surface area contributed by atoms with Gasteiger partial charge in [-0.1, -0.05) is 18.6 Å². The van der Waals surface area contributed by atoms with Crippen molar-refractivity contribution in [2.75, 3.05) is 32.8 Å². The highest BCUT2D eigenvalue weighted by Gasteiger charge is 2.12. The largest absolute Gasteiger partial charge is 0.490 e. The van der Waals surface area contributed by atoms with E-state index in [2.05, 4.69) is 4.90 Å². The van der Waals surface area contributed by atoms with Crippen LogP contribution in [0.1, 0.15) is 31.7 Å². The molecule has 0 bridgehead atoms.